The number of para-hydroxylation sites is 1. The molecule has 0 bridgehead atoms. The largest absolute Gasteiger partial charge is 0.313 e. The van der Waals surface area contributed by atoms with Gasteiger partial charge in [-0.25, -0.2) is 0 Å². The Morgan fingerprint density at radius 3 is 1.91 bits per heavy atom. The first kappa shape index (κ1) is 32.9. The van der Waals surface area contributed by atoms with Gasteiger partial charge in [0.15, 0.2) is 0 Å². The number of nitrogens with zero attached hydrogens (tertiary/aromatic N) is 1. The lowest BCUT2D eigenvalue weighted by molar-refractivity contribution is 0.757. The quantitative estimate of drug-likeness (QED) is 0.172. The van der Waals surface area contributed by atoms with E-state index in [1.54, 1.807) is 0 Å². The third-order valence-corrected chi connectivity index (χ3v) is 11.8. The van der Waals surface area contributed by atoms with E-state index in [9.17, 15) is 0 Å². The lowest BCUT2D eigenvalue weighted by Crippen LogP contribution is -2.30. The van der Waals surface area contributed by atoms with Gasteiger partial charge in [0.25, 0.3) is 0 Å². The van der Waals surface area contributed by atoms with Crippen molar-refractivity contribution in [1.82, 2.24) is 0 Å². The Balaban J connectivity index is 1.15. The van der Waals surface area contributed by atoms with Gasteiger partial charge in [-0.2, -0.15) is 0 Å². The third-order valence-electron chi connectivity index (χ3n) is 11.8. The first-order valence-corrected chi connectivity index (χ1v) is 19.4. The monoisotopic (exact) mass is 703 g/mol. The maximum Gasteiger partial charge on any atom is 0.0710 e. The molecule has 1 spiro atoms. The summed E-state index contributed by atoms with van der Waals surface area (Å²) >= 11 is 0. The summed E-state index contributed by atoms with van der Waals surface area (Å²) in [6.45, 7) is 4.86. The normalized spacial score (nSPS) is 16.4. The molecule has 0 heterocycles. The number of aryl methyl sites for hydroxylation is 1. The Hall–Kier alpha value is -6.70. The van der Waals surface area contributed by atoms with Crippen LogP contribution in [0.15, 0.2) is 212 Å². The summed E-state index contributed by atoms with van der Waals surface area (Å²) in [5.74, 6) is 0. The van der Waals surface area contributed by atoms with Crippen LogP contribution in [0.5, 0.6) is 0 Å². The van der Waals surface area contributed by atoms with Crippen molar-refractivity contribution in [3.8, 4) is 33.4 Å². The van der Waals surface area contributed by atoms with E-state index in [4.69, 9.17) is 6.58 Å². The van der Waals surface area contributed by atoms with Crippen molar-refractivity contribution < 1.29 is 0 Å². The van der Waals surface area contributed by atoms with Crippen molar-refractivity contribution in [2.75, 3.05) is 4.90 Å². The van der Waals surface area contributed by atoms with E-state index in [-0.39, 0.29) is 0 Å². The van der Waals surface area contributed by atoms with Crippen molar-refractivity contribution in [3.63, 3.8) is 0 Å². The molecule has 55 heavy (non-hydrogen) atoms. The van der Waals surface area contributed by atoms with Crippen LogP contribution in [-0.2, 0) is 18.3 Å². The van der Waals surface area contributed by atoms with Crippen molar-refractivity contribution >= 4 is 17.5 Å². The van der Waals surface area contributed by atoms with Gasteiger partial charge in [0.05, 0.1) is 11.1 Å². The summed E-state index contributed by atoms with van der Waals surface area (Å²) < 4.78 is 0. The van der Waals surface area contributed by atoms with Crippen molar-refractivity contribution in [2.24, 2.45) is 0 Å². The van der Waals surface area contributed by atoms with Crippen LogP contribution >= 0.6 is 0 Å². The Labute approximate surface area is 324 Å². The van der Waals surface area contributed by atoms with Crippen LogP contribution in [0.3, 0.4) is 0 Å². The Morgan fingerprint density at radius 2 is 1.15 bits per heavy atom. The number of hydrogen-bond acceptors (Lipinski definition) is 1. The third kappa shape index (κ3) is 5.46. The topological polar surface area (TPSA) is 3.24 Å². The summed E-state index contributed by atoms with van der Waals surface area (Å²) in [5, 5.41) is 0. The summed E-state index contributed by atoms with van der Waals surface area (Å²) in [5.41, 5.74) is 19.3. The second-order valence-corrected chi connectivity index (χ2v) is 14.8. The SMILES string of the molecule is C=C1/C=C\C=C(\N(c2ccc(-c3ccc4c(c3)C=CCC4)cc2)c2ccccc2-c2ccccc2)Cc2ccccc2C12c1ccccc1-c1ccccc12. The first-order chi connectivity index (χ1) is 27.2. The van der Waals surface area contributed by atoms with Crippen LogP contribution in [0.25, 0.3) is 39.5 Å². The van der Waals surface area contributed by atoms with E-state index in [0.717, 1.165) is 36.2 Å². The molecular formula is C54H41N. The highest BCUT2D eigenvalue weighted by molar-refractivity contribution is 5.88. The molecule has 0 aromatic heterocycles. The number of rotatable bonds is 5. The molecule has 3 aliphatic rings. The zero-order valence-corrected chi connectivity index (χ0v) is 30.8. The van der Waals surface area contributed by atoms with E-state index in [1.165, 1.54) is 72.5 Å². The molecule has 0 radical (unpaired) electrons. The molecular weight excluding hydrogens is 663 g/mol. The molecule has 7 aromatic rings. The molecule has 7 aromatic carbocycles. The first-order valence-electron chi connectivity index (χ1n) is 19.4. The molecule has 0 fully saturated rings. The van der Waals surface area contributed by atoms with E-state index in [0.29, 0.717) is 0 Å². The number of fused-ring (bicyclic) bond motifs is 8. The molecule has 0 saturated carbocycles. The number of allylic oxidation sites excluding steroid dienone is 6. The number of anilines is 2. The van der Waals surface area contributed by atoms with Gasteiger partial charge < -0.3 is 4.90 Å². The molecule has 0 atom stereocenters. The average Bonchev–Trinajstić information content (AvgIpc) is 3.57. The van der Waals surface area contributed by atoms with Gasteiger partial charge in [0.1, 0.15) is 0 Å². The van der Waals surface area contributed by atoms with Crippen molar-refractivity contribution in [1.29, 1.82) is 0 Å². The predicted molar refractivity (Wildman–Crippen MR) is 232 cm³/mol. The zero-order chi connectivity index (χ0) is 36.8. The molecule has 0 N–H and O–H groups in total. The number of hydrogen-bond donors (Lipinski definition) is 0. The van der Waals surface area contributed by atoms with Gasteiger partial charge in [-0.3, -0.25) is 0 Å². The molecule has 1 nitrogen and oxygen atoms in total. The summed E-state index contributed by atoms with van der Waals surface area (Å²) in [6.07, 6.45) is 14.3. The smallest absolute Gasteiger partial charge is 0.0710 e. The zero-order valence-electron chi connectivity index (χ0n) is 30.8. The minimum Gasteiger partial charge on any atom is -0.313 e. The Morgan fingerprint density at radius 1 is 0.509 bits per heavy atom. The van der Waals surface area contributed by atoms with E-state index in [2.05, 4.69) is 205 Å². The van der Waals surface area contributed by atoms with Gasteiger partial charge in [0.2, 0.25) is 0 Å². The molecule has 0 aliphatic heterocycles. The maximum atomic E-state index is 4.86. The summed E-state index contributed by atoms with van der Waals surface area (Å²) in [4.78, 5) is 2.47. The molecule has 262 valence electrons. The maximum absolute atomic E-state index is 4.86. The lowest BCUT2D eigenvalue weighted by atomic mass is 9.66. The highest BCUT2D eigenvalue weighted by Gasteiger charge is 2.47. The van der Waals surface area contributed by atoms with Crippen LogP contribution in [0.4, 0.5) is 11.4 Å². The molecule has 0 unspecified atom stereocenters. The molecule has 0 amide bonds. The predicted octanol–water partition coefficient (Wildman–Crippen LogP) is 13.7. The Bertz CT molecular complexity index is 2640. The molecule has 3 aliphatic carbocycles. The second-order valence-electron chi connectivity index (χ2n) is 14.8. The molecule has 0 saturated heterocycles. The van der Waals surface area contributed by atoms with Crippen LogP contribution in [0.2, 0.25) is 0 Å². The van der Waals surface area contributed by atoms with Crippen LogP contribution in [-0.4, -0.2) is 0 Å². The van der Waals surface area contributed by atoms with Crippen molar-refractivity contribution in [3.05, 3.63) is 245 Å². The van der Waals surface area contributed by atoms with Crippen molar-refractivity contribution in [2.45, 2.75) is 24.7 Å². The summed E-state index contributed by atoms with van der Waals surface area (Å²) in [7, 11) is 0. The lowest BCUT2D eigenvalue weighted by Gasteiger charge is -2.36. The molecule has 1 heteroatoms. The minimum absolute atomic E-state index is 0.512. The minimum atomic E-state index is -0.512. The highest BCUT2D eigenvalue weighted by atomic mass is 15.2. The Kier molecular flexibility index (Phi) is 8.15. The van der Waals surface area contributed by atoms with Crippen LogP contribution in [0, 0.1) is 0 Å². The van der Waals surface area contributed by atoms with Crippen LogP contribution < -0.4 is 4.90 Å². The second kappa shape index (κ2) is 13.6. The van der Waals surface area contributed by atoms with Crippen LogP contribution in [0.1, 0.15) is 39.8 Å². The highest BCUT2D eigenvalue weighted by Crippen LogP contribution is 2.57. The van der Waals surface area contributed by atoms with Gasteiger partial charge in [0, 0.05) is 23.4 Å². The molecule has 10 rings (SSSR count). The fourth-order valence-electron chi connectivity index (χ4n) is 9.29. The van der Waals surface area contributed by atoms with Gasteiger partial charge >= 0.3 is 0 Å². The van der Waals surface area contributed by atoms with E-state index in [1.807, 2.05) is 0 Å². The van der Waals surface area contributed by atoms with Gasteiger partial charge in [-0.05, 0) is 110 Å². The fourth-order valence-corrected chi connectivity index (χ4v) is 9.29. The average molecular weight is 704 g/mol. The van der Waals surface area contributed by atoms with E-state index < -0.39 is 5.41 Å². The summed E-state index contributed by atoms with van der Waals surface area (Å²) in [6, 6.07) is 62.5. The number of benzene rings is 7. The van der Waals surface area contributed by atoms with E-state index >= 15 is 0 Å². The fraction of sp³-hybridized carbons (Fsp3) is 0.0741. The standard InChI is InChI=1S/C54H41N/c1-38-16-15-22-46(37-44-21-7-11-26-50(44)54(38)51-27-12-8-24-48(51)49-25-9-13-28-52(49)54)55(53-29-14-10-23-47(53)41-18-3-2-4-19-41)45-34-32-40(33-35-45)43-31-30-39-17-5-6-20-42(39)36-43/h2-4,6-16,18-36H,1,5,17,37H2/b16-15-,46-22+. The van der Waals surface area contributed by atoms with Gasteiger partial charge in [-0.1, -0.05) is 176 Å². The van der Waals surface area contributed by atoms with Gasteiger partial charge in [-0.15, -0.1) is 0 Å².